The normalized spacial score (nSPS) is 13.6. The first-order chi connectivity index (χ1) is 9.93. The van der Waals surface area contributed by atoms with Gasteiger partial charge in [0.1, 0.15) is 0 Å². The van der Waals surface area contributed by atoms with Crippen LogP contribution >= 0.6 is 0 Å². The maximum atomic E-state index is 4.57. The van der Waals surface area contributed by atoms with Gasteiger partial charge in [0.2, 0.25) is 5.95 Å². The predicted octanol–water partition coefficient (Wildman–Crippen LogP) is 2.93. The van der Waals surface area contributed by atoms with Crippen LogP contribution in [0.15, 0.2) is 49.1 Å². The predicted molar refractivity (Wildman–Crippen MR) is 78.1 cm³/mol. The molecule has 1 aliphatic rings. The van der Waals surface area contributed by atoms with Crippen molar-refractivity contribution in [2.24, 2.45) is 0 Å². The number of nitrogens with zero attached hydrogens (tertiary/aromatic N) is 4. The Kier molecular flexibility index (Phi) is 1.77. The van der Waals surface area contributed by atoms with Crippen molar-refractivity contribution in [1.82, 2.24) is 19.1 Å². The molecule has 96 valence electrons. The Labute approximate surface area is 115 Å². The van der Waals surface area contributed by atoms with Crippen LogP contribution < -0.4 is 0 Å². The van der Waals surface area contributed by atoms with E-state index in [0.29, 0.717) is 0 Å². The smallest absolute Gasteiger partial charge is 0.214 e. The first-order valence-corrected chi connectivity index (χ1v) is 6.81. The summed E-state index contributed by atoms with van der Waals surface area (Å²) in [4.78, 5) is 9.00. The maximum Gasteiger partial charge on any atom is 0.214 e. The number of aryl methyl sites for hydroxylation is 2. The summed E-state index contributed by atoms with van der Waals surface area (Å²) in [6.07, 6.45) is 8.88. The number of benzene rings is 1. The second-order valence-electron chi connectivity index (χ2n) is 5.22. The highest BCUT2D eigenvalue weighted by atomic mass is 15.2. The molecular weight excluding hydrogens is 248 g/mol. The van der Waals surface area contributed by atoms with Crippen LogP contribution in [0.4, 0.5) is 0 Å². The molecule has 0 aliphatic carbocycles. The molecule has 5 rings (SSSR count). The minimum Gasteiger partial charge on any atom is -0.316 e. The fourth-order valence-corrected chi connectivity index (χ4v) is 3.29. The highest BCUT2D eigenvalue weighted by Gasteiger charge is 2.20. The number of hydrogen-bond donors (Lipinski definition) is 0. The lowest BCUT2D eigenvalue weighted by atomic mass is 10.1. The third kappa shape index (κ3) is 1.12. The van der Waals surface area contributed by atoms with Gasteiger partial charge in [0.15, 0.2) is 0 Å². The van der Waals surface area contributed by atoms with Gasteiger partial charge < -0.3 is 4.57 Å². The average Bonchev–Trinajstić information content (AvgIpc) is 3.03. The molecule has 0 fully saturated rings. The van der Waals surface area contributed by atoms with Crippen LogP contribution in [0, 0.1) is 0 Å². The molecule has 0 N–H and O–H groups in total. The van der Waals surface area contributed by atoms with Crippen LogP contribution in [0.1, 0.15) is 5.56 Å². The highest BCUT2D eigenvalue weighted by Crippen LogP contribution is 2.34. The van der Waals surface area contributed by atoms with Gasteiger partial charge >= 0.3 is 0 Å². The molecule has 4 aromatic rings. The Hall–Kier alpha value is -2.62. The van der Waals surface area contributed by atoms with Gasteiger partial charge in [0.25, 0.3) is 0 Å². The zero-order valence-corrected chi connectivity index (χ0v) is 10.8. The molecule has 4 heterocycles. The van der Waals surface area contributed by atoms with Crippen LogP contribution in [0.2, 0.25) is 0 Å². The third-order valence-corrected chi connectivity index (χ3v) is 4.17. The Morgan fingerprint density at radius 3 is 3.00 bits per heavy atom. The number of hydrogen-bond acceptors (Lipinski definition) is 2. The van der Waals surface area contributed by atoms with E-state index in [1.165, 1.54) is 27.4 Å². The molecule has 1 aromatic carbocycles. The monoisotopic (exact) mass is 260 g/mol. The van der Waals surface area contributed by atoms with E-state index in [0.717, 1.165) is 18.9 Å². The molecule has 0 amide bonds. The van der Waals surface area contributed by atoms with Crippen LogP contribution in [-0.2, 0) is 13.0 Å². The van der Waals surface area contributed by atoms with Crippen LogP contribution in [-0.4, -0.2) is 19.1 Å². The zero-order valence-electron chi connectivity index (χ0n) is 10.8. The first-order valence-electron chi connectivity index (χ1n) is 6.81. The summed E-state index contributed by atoms with van der Waals surface area (Å²) in [5, 5.41) is 2.46. The summed E-state index contributed by atoms with van der Waals surface area (Å²) in [5.74, 6) is 1.00. The first kappa shape index (κ1) is 10.2. The fraction of sp³-hybridized carbons (Fsp3) is 0.125. The average molecular weight is 260 g/mol. The van der Waals surface area contributed by atoms with Gasteiger partial charge in [0, 0.05) is 42.1 Å². The summed E-state index contributed by atoms with van der Waals surface area (Å²) < 4.78 is 4.49. The molecule has 0 bridgehead atoms. The van der Waals surface area contributed by atoms with Crippen molar-refractivity contribution < 1.29 is 0 Å². The molecule has 0 spiro atoms. The SMILES string of the molecule is c1ccc2c(c1)c1cncc3c1n2-c1nccn1CC3. The Balaban J connectivity index is 2.12. The molecular formula is C16H12N4. The van der Waals surface area contributed by atoms with E-state index in [9.17, 15) is 0 Å². The van der Waals surface area contributed by atoms with Crippen molar-refractivity contribution in [2.45, 2.75) is 13.0 Å². The van der Waals surface area contributed by atoms with Gasteiger partial charge in [-0.25, -0.2) is 4.98 Å². The van der Waals surface area contributed by atoms with E-state index in [1.807, 2.05) is 18.6 Å². The molecule has 0 radical (unpaired) electrons. The molecule has 0 saturated heterocycles. The summed E-state index contributed by atoms with van der Waals surface area (Å²) in [6, 6.07) is 8.48. The van der Waals surface area contributed by atoms with Crippen LogP contribution in [0.5, 0.6) is 0 Å². The molecule has 0 saturated carbocycles. The summed E-state index contributed by atoms with van der Waals surface area (Å²) in [5.41, 5.74) is 3.75. The Morgan fingerprint density at radius 1 is 1.05 bits per heavy atom. The zero-order chi connectivity index (χ0) is 13.1. The largest absolute Gasteiger partial charge is 0.316 e. The van der Waals surface area contributed by atoms with E-state index < -0.39 is 0 Å². The molecule has 0 unspecified atom stereocenters. The summed E-state index contributed by atoms with van der Waals surface area (Å²) in [7, 11) is 0. The van der Waals surface area contributed by atoms with E-state index in [2.05, 4.69) is 49.6 Å². The lowest BCUT2D eigenvalue weighted by Crippen LogP contribution is -2.03. The Morgan fingerprint density at radius 2 is 2.00 bits per heavy atom. The number of aromatic nitrogens is 4. The quantitative estimate of drug-likeness (QED) is 0.487. The fourth-order valence-electron chi connectivity index (χ4n) is 3.29. The van der Waals surface area contributed by atoms with Gasteiger partial charge in [-0.2, -0.15) is 0 Å². The molecule has 4 heteroatoms. The third-order valence-electron chi connectivity index (χ3n) is 4.17. The summed E-state index contributed by atoms with van der Waals surface area (Å²) in [6.45, 7) is 0.951. The topological polar surface area (TPSA) is 35.6 Å². The van der Waals surface area contributed by atoms with Gasteiger partial charge in [-0.1, -0.05) is 18.2 Å². The van der Waals surface area contributed by atoms with Crippen LogP contribution in [0.3, 0.4) is 0 Å². The molecule has 0 atom stereocenters. The van der Waals surface area contributed by atoms with Crippen molar-refractivity contribution in [1.29, 1.82) is 0 Å². The number of fused-ring (bicyclic) bond motifs is 5. The molecule has 3 aromatic heterocycles. The standard InChI is InChI=1S/C16H12N4/c1-2-4-14-12(3-1)13-10-17-9-11-5-7-19-8-6-18-16(19)20(14)15(11)13/h1-4,6,8-10H,5,7H2. The Bertz CT molecular complexity index is 961. The number of imidazole rings is 1. The van der Waals surface area contributed by atoms with E-state index in [4.69, 9.17) is 0 Å². The number of rotatable bonds is 0. The number of pyridine rings is 1. The van der Waals surface area contributed by atoms with Gasteiger partial charge in [0.05, 0.1) is 11.0 Å². The van der Waals surface area contributed by atoms with Crippen LogP contribution in [0.25, 0.3) is 27.8 Å². The minimum atomic E-state index is 0.951. The van der Waals surface area contributed by atoms with Crippen molar-refractivity contribution in [3.05, 3.63) is 54.6 Å². The second kappa shape index (κ2) is 3.48. The van der Waals surface area contributed by atoms with Crippen molar-refractivity contribution >= 4 is 21.8 Å². The van der Waals surface area contributed by atoms with Crippen molar-refractivity contribution in [3.63, 3.8) is 0 Å². The lowest BCUT2D eigenvalue weighted by Gasteiger charge is -2.06. The van der Waals surface area contributed by atoms with Gasteiger partial charge in [-0.15, -0.1) is 0 Å². The molecule has 1 aliphatic heterocycles. The summed E-state index contributed by atoms with van der Waals surface area (Å²) >= 11 is 0. The number of para-hydroxylation sites is 1. The minimum absolute atomic E-state index is 0.951. The van der Waals surface area contributed by atoms with Gasteiger partial charge in [-0.05, 0) is 18.1 Å². The van der Waals surface area contributed by atoms with E-state index >= 15 is 0 Å². The lowest BCUT2D eigenvalue weighted by molar-refractivity contribution is 0.692. The van der Waals surface area contributed by atoms with E-state index in [-0.39, 0.29) is 0 Å². The highest BCUT2D eigenvalue weighted by molar-refractivity contribution is 6.09. The second-order valence-corrected chi connectivity index (χ2v) is 5.22. The maximum absolute atomic E-state index is 4.57. The van der Waals surface area contributed by atoms with Crippen molar-refractivity contribution in [2.75, 3.05) is 0 Å². The van der Waals surface area contributed by atoms with Crippen molar-refractivity contribution in [3.8, 4) is 5.95 Å². The van der Waals surface area contributed by atoms with Gasteiger partial charge in [-0.3, -0.25) is 9.55 Å². The molecule has 4 nitrogen and oxygen atoms in total. The van der Waals surface area contributed by atoms with E-state index in [1.54, 1.807) is 0 Å². The molecule has 20 heavy (non-hydrogen) atoms.